The van der Waals surface area contributed by atoms with Gasteiger partial charge in [0.2, 0.25) is 0 Å². The molecule has 6 heteroatoms. The van der Waals surface area contributed by atoms with Gasteiger partial charge in [0.1, 0.15) is 11.2 Å². The molecule has 1 unspecified atom stereocenters. The number of carboxylic acids is 1. The molecule has 102 valence electrons. The van der Waals surface area contributed by atoms with E-state index in [0.29, 0.717) is 25.8 Å². The summed E-state index contributed by atoms with van der Waals surface area (Å²) in [5, 5.41) is 9.53. The lowest BCUT2D eigenvalue weighted by Gasteiger charge is -2.34. The predicted molar refractivity (Wildman–Crippen MR) is 67.6 cm³/mol. The molecule has 1 fully saturated rings. The van der Waals surface area contributed by atoms with E-state index in [1.807, 2.05) is 6.92 Å². The van der Waals surface area contributed by atoms with Gasteiger partial charge in [-0.15, -0.1) is 0 Å². The lowest BCUT2D eigenvalue weighted by molar-refractivity contribution is -0.148. The summed E-state index contributed by atoms with van der Waals surface area (Å²) in [4.78, 5) is 33.3. The molecule has 1 N–H and O–H groups in total. The minimum atomic E-state index is -1.08. The average molecular weight is 263 g/mol. The van der Waals surface area contributed by atoms with Crippen LogP contribution in [-0.2, 0) is 4.79 Å². The molecule has 19 heavy (non-hydrogen) atoms. The van der Waals surface area contributed by atoms with Crippen molar-refractivity contribution in [2.75, 3.05) is 6.54 Å². The summed E-state index contributed by atoms with van der Waals surface area (Å²) in [5.41, 5.74) is -0.880. The second-order valence-electron chi connectivity index (χ2n) is 4.74. The van der Waals surface area contributed by atoms with Crippen LogP contribution in [0.25, 0.3) is 0 Å². The molecule has 2 rings (SSSR count). The fourth-order valence-electron chi connectivity index (χ4n) is 2.73. The zero-order valence-corrected chi connectivity index (χ0v) is 10.9. The van der Waals surface area contributed by atoms with Gasteiger partial charge in [-0.2, -0.15) is 0 Å². The monoisotopic (exact) mass is 263 g/mol. The predicted octanol–water partition coefficient (Wildman–Crippen LogP) is 1.34. The van der Waals surface area contributed by atoms with Gasteiger partial charge in [-0.05, 0) is 19.3 Å². The Labute approximate surface area is 111 Å². The number of carboxylic acid groups (broad SMARTS) is 1. The highest BCUT2D eigenvalue weighted by Gasteiger charge is 2.49. The van der Waals surface area contributed by atoms with Gasteiger partial charge in [0.15, 0.2) is 0 Å². The number of aromatic nitrogens is 2. The summed E-state index contributed by atoms with van der Waals surface area (Å²) in [6.07, 6.45) is 6.69. The van der Waals surface area contributed by atoms with Gasteiger partial charge in [-0.3, -0.25) is 9.78 Å². The van der Waals surface area contributed by atoms with Crippen LogP contribution in [-0.4, -0.2) is 43.9 Å². The molecule has 2 heterocycles. The van der Waals surface area contributed by atoms with E-state index >= 15 is 0 Å². The van der Waals surface area contributed by atoms with Gasteiger partial charge < -0.3 is 10.0 Å². The Hall–Kier alpha value is -1.98. The highest BCUT2D eigenvalue weighted by molar-refractivity contribution is 5.96. The number of aliphatic carboxylic acids is 1. The van der Waals surface area contributed by atoms with Crippen LogP contribution in [0.5, 0.6) is 0 Å². The number of nitrogens with zero attached hydrogens (tertiary/aromatic N) is 3. The first kappa shape index (κ1) is 13.5. The molecule has 0 bridgehead atoms. The highest BCUT2D eigenvalue weighted by atomic mass is 16.4. The molecule has 1 amide bonds. The van der Waals surface area contributed by atoms with Crippen molar-refractivity contribution in [2.24, 2.45) is 0 Å². The van der Waals surface area contributed by atoms with E-state index in [1.165, 1.54) is 23.5 Å². The Morgan fingerprint density at radius 1 is 1.47 bits per heavy atom. The van der Waals surface area contributed by atoms with E-state index in [-0.39, 0.29) is 11.6 Å². The maximum absolute atomic E-state index is 12.4. The third-order valence-electron chi connectivity index (χ3n) is 3.58. The number of carbonyl (C=O) groups is 2. The van der Waals surface area contributed by atoms with E-state index in [0.717, 1.165) is 6.42 Å². The van der Waals surface area contributed by atoms with Gasteiger partial charge in [0.05, 0.1) is 6.20 Å². The number of hydrogen-bond donors (Lipinski definition) is 1. The summed E-state index contributed by atoms with van der Waals surface area (Å²) in [7, 11) is 0. The second kappa shape index (κ2) is 5.34. The topological polar surface area (TPSA) is 83.4 Å². The standard InChI is InChI=1S/C13H17N3O3/c1-2-4-13(12(18)19)5-3-8-16(13)11(17)10-9-14-6-7-15-10/h6-7,9H,2-5,8H2,1H3,(H,18,19). The Bertz CT molecular complexity index is 477. The van der Waals surface area contributed by atoms with Crippen LogP contribution < -0.4 is 0 Å². The Morgan fingerprint density at radius 3 is 2.84 bits per heavy atom. The summed E-state index contributed by atoms with van der Waals surface area (Å²) in [6.45, 7) is 2.38. The number of hydrogen-bond acceptors (Lipinski definition) is 4. The van der Waals surface area contributed by atoms with Gasteiger partial charge in [0, 0.05) is 18.9 Å². The third kappa shape index (κ3) is 2.30. The van der Waals surface area contributed by atoms with Crippen LogP contribution >= 0.6 is 0 Å². The van der Waals surface area contributed by atoms with Crippen molar-refractivity contribution in [1.29, 1.82) is 0 Å². The van der Waals surface area contributed by atoms with Crippen LogP contribution in [0, 0.1) is 0 Å². The number of carbonyl (C=O) groups excluding carboxylic acids is 1. The molecule has 6 nitrogen and oxygen atoms in total. The van der Waals surface area contributed by atoms with Crippen molar-refractivity contribution >= 4 is 11.9 Å². The van der Waals surface area contributed by atoms with E-state index in [1.54, 1.807) is 0 Å². The molecule has 0 aliphatic carbocycles. The Kier molecular flexibility index (Phi) is 3.78. The molecule has 1 aliphatic heterocycles. The van der Waals surface area contributed by atoms with Crippen LogP contribution in [0.1, 0.15) is 43.1 Å². The molecule has 0 aromatic carbocycles. The van der Waals surface area contributed by atoms with Crippen molar-refractivity contribution in [1.82, 2.24) is 14.9 Å². The molecular formula is C13H17N3O3. The van der Waals surface area contributed by atoms with Gasteiger partial charge in [-0.1, -0.05) is 13.3 Å². The van der Waals surface area contributed by atoms with E-state index in [4.69, 9.17) is 0 Å². The van der Waals surface area contributed by atoms with Crippen molar-refractivity contribution in [3.8, 4) is 0 Å². The lowest BCUT2D eigenvalue weighted by atomic mass is 9.90. The van der Waals surface area contributed by atoms with Gasteiger partial charge in [-0.25, -0.2) is 9.78 Å². The summed E-state index contributed by atoms with van der Waals surface area (Å²) < 4.78 is 0. The quantitative estimate of drug-likeness (QED) is 0.886. The molecule has 0 radical (unpaired) electrons. The molecule has 1 aliphatic rings. The van der Waals surface area contributed by atoms with E-state index in [2.05, 4.69) is 9.97 Å². The van der Waals surface area contributed by atoms with Crippen molar-refractivity contribution in [3.63, 3.8) is 0 Å². The van der Waals surface area contributed by atoms with E-state index in [9.17, 15) is 14.7 Å². The minimum Gasteiger partial charge on any atom is -0.479 e. The molecule has 1 aromatic heterocycles. The van der Waals surface area contributed by atoms with Crippen LogP contribution in [0.15, 0.2) is 18.6 Å². The number of likely N-dealkylation sites (tertiary alicyclic amines) is 1. The summed E-state index contributed by atoms with van der Waals surface area (Å²) in [6, 6.07) is 0. The minimum absolute atomic E-state index is 0.200. The largest absolute Gasteiger partial charge is 0.479 e. The normalized spacial score (nSPS) is 22.5. The van der Waals surface area contributed by atoms with Crippen LogP contribution in [0.3, 0.4) is 0 Å². The third-order valence-corrected chi connectivity index (χ3v) is 3.58. The molecule has 0 spiro atoms. The summed E-state index contributed by atoms with van der Waals surface area (Å²) >= 11 is 0. The first-order valence-corrected chi connectivity index (χ1v) is 6.43. The highest BCUT2D eigenvalue weighted by Crippen LogP contribution is 2.34. The van der Waals surface area contributed by atoms with Crippen LogP contribution in [0.2, 0.25) is 0 Å². The van der Waals surface area contributed by atoms with E-state index < -0.39 is 11.5 Å². The smallest absolute Gasteiger partial charge is 0.329 e. The fraction of sp³-hybridized carbons (Fsp3) is 0.538. The summed E-state index contributed by atoms with van der Waals surface area (Å²) in [5.74, 6) is -1.27. The average Bonchev–Trinajstić information content (AvgIpc) is 2.84. The number of amides is 1. The molecule has 1 aromatic rings. The number of rotatable bonds is 4. The fourth-order valence-corrected chi connectivity index (χ4v) is 2.73. The maximum atomic E-state index is 12.4. The second-order valence-corrected chi connectivity index (χ2v) is 4.74. The van der Waals surface area contributed by atoms with Gasteiger partial charge >= 0.3 is 5.97 Å². The van der Waals surface area contributed by atoms with Crippen molar-refractivity contribution in [3.05, 3.63) is 24.3 Å². The van der Waals surface area contributed by atoms with Crippen molar-refractivity contribution in [2.45, 2.75) is 38.1 Å². The zero-order valence-electron chi connectivity index (χ0n) is 10.9. The van der Waals surface area contributed by atoms with Crippen molar-refractivity contribution < 1.29 is 14.7 Å². The first-order chi connectivity index (χ1) is 9.12. The maximum Gasteiger partial charge on any atom is 0.329 e. The lowest BCUT2D eigenvalue weighted by Crippen LogP contribution is -2.53. The molecular weight excluding hydrogens is 246 g/mol. The first-order valence-electron chi connectivity index (χ1n) is 6.43. The SMILES string of the molecule is CCCC1(C(=O)O)CCCN1C(=O)c1cnccn1. The van der Waals surface area contributed by atoms with Crippen LogP contribution in [0.4, 0.5) is 0 Å². The molecule has 0 saturated carbocycles. The zero-order chi connectivity index (χ0) is 13.9. The Balaban J connectivity index is 2.32. The Morgan fingerprint density at radius 2 is 2.26 bits per heavy atom. The molecule has 1 saturated heterocycles. The molecule has 1 atom stereocenters. The van der Waals surface area contributed by atoms with Gasteiger partial charge in [0.25, 0.3) is 5.91 Å².